The van der Waals surface area contributed by atoms with E-state index in [2.05, 4.69) is 39.0 Å². The molecule has 0 aliphatic rings. The summed E-state index contributed by atoms with van der Waals surface area (Å²) in [6, 6.07) is 16.2. The second-order valence-corrected chi connectivity index (χ2v) is 6.74. The van der Waals surface area contributed by atoms with Crippen LogP contribution in [0.1, 0.15) is 31.9 Å². The number of rotatable bonds is 3. The van der Waals surface area contributed by atoms with E-state index in [9.17, 15) is 5.11 Å². The van der Waals surface area contributed by atoms with E-state index in [-0.39, 0.29) is 5.41 Å². The van der Waals surface area contributed by atoms with Crippen molar-refractivity contribution in [2.45, 2.75) is 36.8 Å². The Hall–Kier alpha value is -1.41. The maximum absolute atomic E-state index is 9.97. The summed E-state index contributed by atoms with van der Waals surface area (Å²) in [6.07, 6.45) is 0. The van der Waals surface area contributed by atoms with Gasteiger partial charge in [-0.3, -0.25) is 0 Å². The van der Waals surface area contributed by atoms with Crippen molar-refractivity contribution in [1.29, 1.82) is 0 Å². The van der Waals surface area contributed by atoms with Crippen molar-refractivity contribution in [3.8, 4) is 5.75 Å². The average Bonchev–Trinajstić information content (AvgIpc) is 2.37. The van der Waals surface area contributed by atoms with Crippen molar-refractivity contribution in [3.05, 3.63) is 59.7 Å². The molecule has 2 aromatic carbocycles. The van der Waals surface area contributed by atoms with E-state index in [0.717, 1.165) is 11.3 Å². The van der Waals surface area contributed by atoms with Gasteiger partial charge in [-0.1, -0.05) is 51.1 Å². The number of benzene rings is 2. The van der Waals surface area contributed by atoms with E-state index in [1.807, 2.05) is 30.3 Å². The first kappa shape index (κ1) is 14.0. The van der Waals surface area contributed by atoms with E-state index in [4.69, 9.17) is 0 Å². The normalized spacial score (nSPS) is 11.5. The molecule has 0 saturated heterocycles. The van der Waals surface area contributed by atoms with Crippen LogP contribution in [0.5, 0.6) is 5.75 Å². The highest BCUT2D eigenvalue weighted by Crippen LogP contribution is 2.31. The molecule has 2 heteroatoms. The number of thioether (sulfide) groups is 1. The van der Waals surface area contributed by atoms with Gasteiger partial charge in [-0.2, -0.15) is 0 Å². The van der Waals surface area contributed by atoms with Gasteiger partial charge >= 0.3 is 0 Å². The third-order valence-corrected chi connectivity index (χ3v) is 4.14. The third kappa shape index (κ3) is 3.77. The second kappa shape index (κ2) is 5.70. The molecule has 19 heavy (non-hydrogen) atoms. The third-order valence-electron chi connectivity index (χ3n) is 3.08. The molecule has 0 amide bonds. The minimum Gasteiger partial charge on any atom is -0.508 e. The lowest BCUT2D eigenvalue weighted by Gasteiger charge is -2.20. The van der Waals surface area contributed by atoms with Crippen LogP contribution in [0.15, 0.2) is 53.4 Å². The molecule has 0 bridgehead atoms. The average molecular weight is 272 g/mol. The van der Waals surface area contributed by atoms with Gasteiger partial charge in [0.1, 0.15) is 5.75 Å². The molecule has 0 spiro atoms. The summed E-state index contributed by atoms with van der Waals surface area (Å²) >= 11 is 1.75. The monoisotopic (exact) mass is 272 g/mol. The summed E-state index contributed by atoms with van der Waals surface area (Å²) in [6.45, 7) is 6.56. The molecule has 0 fully saturated rings. The Bertz CT molecular complexity index is 541. The van der Waals surface area contributed by atoms with Crippen LogP contribution in [0, 0.1) is 0 Å². The smallest absolute Gasteiger partial charge is 0.119 e. The van der Waals surface area contributed by atoms with Crippen LogP contribution in [-0.4, -0.2) is 5.11 Å². The van der Waals surface area contributed by atoms with Gasteiger partial charge in [-0.15, -0.1) is 11.8 Å². The molecule has 2 rings (SSSR count). The van der Waals surface area contributed by atoms with Gasteiger partial charge in [0.2, 0.25) is 0 Å². The van der Waals surface area contributed by atoms with Crippen molar-refractivity contribution in [1.82, 2.24) is 0 Å². The Labute approximate surface area is 119 Å². The van der Waals surface area contributed by atoms with Crippen LogP contribution < -0.4 is 0 Å². The molecule has 0 aliphatic carbocycles. The zero-order chi connectivity index (χ0) is 13.9. The van der Waals surface area contributed by atoms with Crippen LogP contribution >= 0.6 is 11.8 Å². The van der Waals surface area contributed by atoms with Gasteiger partial charge in [0.05, 0.1) is 0 Å². The fraction of sp³-hybridized carbons (Fsp3) is 0.294. The molecule has 2 aromatic rings. The lowest BCUT2D eigenvalue weighted by molar-refractivity contribution is 0.469. The molecule has 0 aromatic heterocycles. The van der Waals surface area contributed by atoms with Gasteiger partial charge in [0.25, 0.3) is 0 Å². The zero-order valence-corrected chi connectivity index (χ0v) is 12.5. The first-order valence-electron chi connectivity index (χ1n) is 6.47. The molecule has 1 N–H and O–H groups in total. The molecule has 1 nitrogen and oxygen atoms in total. The summed E-state index contributed by atoms with van der Waals surface area (Å²) in [5.41, 5.74) is 2.37. The van der Waals surface area contributed by atoms with Gasteiger partial charge in [0, 0.05) is 16.2 Å². The van der Waals surface area contributed by atoms with Gasteiger partial charge < -0.3 is 5.11 Å². The number of phenols is 1. The van der Waals surface area contributed by atoms with Crippen LogP contribution in [-0.2, 0) is 11.2 Å². The van der Waals surface area contributed by atoms with Crippen molar-refractivity contribution in [2.75, 3.05) is 0 Å². The number of aromatic hydroxyl groups is 1. The van der Waals surface area contributed by atoms with Crippen molar-refractivity contribution < 1.29 is 5.11 Å². The molecule has 0 aliphatic heterocycles. The van der Waals surface area contributed by atoms with Gasteiger partial charge in [-0.25, -0.2) is 0 Å². The van der Waals surface area contributed by atoms with E-state index in [1.165, 1.54) is 10.5 Å². The summed E-state index contributed by atoms with van der Waals surface area (Å²) in [4.78, 5) is 1.23. The van der Waals surface area contributed by atoms with E-state index < -0.39 is 0 Å². The first-order chi connectivity index (χ1) is 8.97. The molecule has 100 valence electrons. The minimum atomic E-state index is 0.111. The minimum absolute atomic E-state index is 0.111. The van der Waals surface area contributed by atoms with Crippen molar-refractivity contribution in [3.63, 3.8) is 0 Å². The highest BCUT2D eigenvalue weighted by molar-refractivity contribution is 7.98. The summed E-state index contributed by atoms with van der Waals surface area (Å²) in [5.74, 6) is 1.18. The highest BCUT2D eigenvalue weighted by atomic mass is 32.2. The summed E-state index contributed by atoms with van der Waals surface area (Å²) < 4.78 is 0. The maximum atomic E-state index is 9.97. The zero-order valence-electron chi connectivity index (χ0n) is 11.7. The largest absolute Gasteiger partial charge is 0.508 e. The fourth-order valence-corrected chi connectivity index (χ4v) is 2.75. The van der Waals surface area contributed by atoms with Crippen molar-refractivity contribution in [2.24, 2.45) is 0 Å². The lowest BCUT2D eigenvalue weighted by atomic mass is 9.86. The predicted molar refractivity (Wildman–Crippen MR) is 82.8 cm³/mol. The van der Waals surface area contributed by atoms with Gasteiger partial charge in [0.15, 0.2) is 0 Å². The predicted octanol–water partition coefficient (Wildman–Crippen LogP) is 4.98. The molecular formula is C17H20OS. The van der Waals surface area contributed by atoms with Gasteiger partial charge in [-0.05, 0) is 29.2 Å². The quantitative estimate of drug-likeness (QED) is 0.795. The Morgan fingerprint density at radius 2 is 1.68 bits per heavy atom. The molecule has 0 radical (unpaired) electrons. The summed E-state index contributed by atoms with van der Waals surface area (Å²) in [5, 5.41) is 9.97. The number of hydrogen-bond acceptors (Lipinski definition) is 2. The summed E-state index contributed by atoms with van der Waals surface area (Å²) in [7, 11) is 0. The van der Waals surface area contributed by atoms with E-state index >= 15 is 0 Å². The molecule has 0 atom stereocenters. The Kier molecular flexibility index (Phi) is 4.20. The van der Waals surface area contributed by atoms with Crippen molar-refractivity contribution >= 4 is 11.8 Å². The second-order valence-electron chi connectivity index (χ2n) is 5.70. The number of hydrogen-bond donors (Lipinski definition) is 1. The van der Waals surface area contributed by atoms with Crippen LogP contribution in [0.25, 0.3) is 0 Å². The molecular weight excluding hydrogens is 252 g/mol. The Balaban J connectivity index is 2.16. The fourth-order valence-electron chi connectivity index (χ4n) is 1.85. The van der Waals surface area contributed by atoms with Crippen LogP contribution in [0.2, 0.25) is 0 Å². The standard InChI is InChI=1S/C17H20OS/c1-17(2,3)14-9-10-16(18)13(11-14)12-19-15-7-5-4-6-8-15/h4-11,18H,12H2,1-3H3. The molecule has 0 unspecified atom stereocenters. The molecule has 0 saturated carbocycles. The van der Waals surface area contributed by atoms with E-state index in [0.29, 0.717) is 5.75 Å². The Morgan fingerprint density at radius 1 is 1.00 bits per heavy atom. The Morgan fingerprint density at radius 3 is 2.32 bits per heavy atom. The maximum Gasteiger partial charge on any atom is 0.119 e. The molecule has 0 heterocycles. The van der Waals surface area contributed by atoms with E-state index in [1.54, 1.807) is 11.8 Å². The van der Waals surface area contributed by atoms with Crippen LogP contribution in [0.3, 0.4) is 0 Å². The number of phenolic OH excluding ortho intramolecular Hbond substituents is 1. The SMILES string of the molecule is CC(C)(C)c1ccc(O)c(CSc2ccccc2)c1. The lowest BCUT2D eigenvalue weighted by Crippen LogP contribution is -2.11. The first-order valence-corrected chi connectivity index (χ1v) is 7.45. The van der Waals surface area contributed by atoms with Crippen LogP contribution in [0.4, 0.5) is 0 Å². The highest BCUT2D eigenvalue weighted by Gasteiger charge is 2.15. The topological polar surface area (TPSA) is 20.2 Å².